The Morgan fingerprint density at radius 1 is 1.12 bits per heavy atom. The van der Waals surface area contributed by atoms with E-state index in [0.29, 0.717) is 0 Å². The summed E-state index contributed by atoms with van der Waals surface area (Å²) < 4.78 is 0. The molecule has 3 rings (SSSR count). The summed E-state index contributed by atoms with van der Waals surface area (Å²) in [7, 11) is 0. The van der Waals surface area contributed by atoms with Crippen molar-refractivity contribution in [2.24, 2.45) is 0 Å². The Kier molecular flexibility index (Phi) is 3.06. The predicted molar refractivity (Wildman–Crippen MR) is 66.0 cm³/mol. The molecule has 0 radical (unpaired) electrons. The van der Waals surface area contributed by atoms with Crippen LogP contribution in [0.4, 0.5) is 5.13 Å². The van der Waals surface area contributed by atoms with Crippen molar-refractivity contribution in [2.45, 2.75) is 31.7 Å². The Hall–Kier alpha value is -0.680. The molecule has 1 aliphatic heterocycles. The second-order valence-electron chi connectivity index (χ2n) is 4.68. The molecule has 5 heteroatoms. The summed E-state index contributed by atoms with van der Waals surface area (Å²) in [5.41, 5.74) is 1.82. The fourth-order valence-corrected chi connectivity index (χ4v) is 3.47. The van der Waals surface area contributed by atoms with Gasteiger partial charge in [0.05, 0.1) is 0 Å². The van der Waals surface area contributed by atoms with Crippen molar-refractivity contribution in [3.63, 3.8) is 0 Å². The predicted octanol–water partition coefficient (Wildman–Crippen LogP) is 1.60. The van der Waals surface area contributed by atoms with Crippen molar-refractivity contribution < 1.29 is 0 Å². The van der Waals surface area contributed by atoms with Crippen molar-refractivity contribution in [1.29, 1.82) is 0 Å². The molecule has 2 fully saturated rings. The number of aromatic nitrogens is 2. The zero-order chi connectivity index (χ0) is 10.8. The minimum Gasteiger partial charge on any atom is -0.344 e. The van der Waals surface area contributed by atoms with Gasteiger partial charge in [0.15, 0.2) is 0 Å². The van der Waals surface area contributed by atoms with E-state index in [4.69, 9.17) is 0 Å². The third kappa shape index (κ3) is 2.06. The quantitative estimate of drug-likeness (QED) is 0.783. The Morgan fingerprint density at radius 3 is 2.50 bits per heavy atom. The number of anilines is 1. The number of hydrogen-bond acceptors (Lipinski definition) is 5. The van der Waals surface area contributed by atoms with Crippen LogP contribution in [0.5, 0.6) is 0 Å². The molecule has 1 saturated carbocycles. The number of hydrogen-bond donors (Lipinski definition) is 0. The zero-order valence-electron chi connectivity index (χ0n) is 9.51. The van der Waals surface area contributed by atoms with Gasteiger partial charge in [-0.2, -0.15) is 0 Å². The van der Waals surface area contributed by atoms with Crippen molar-refractivity contribution in [3.05, 3.63) is 5.51 Å². The molecule has 0 N–H and O–H groups in total. The first kappa shape index (κ1) is 10.5. The maximum absolute atomic E-state index is 4.14. The number of rotatable bonds is 2. The highest BCUT2D eigenvalue weighted by Crippen LogP contribution is 2.25. The summed E-state index contributed by atoms with van der Waals surface area (Å²) in [5, 5.41) is 9.13. The normalized spacial score (nSPS) is 24.1. The first-order chi connectivity index (χ1) is 7.93. The molecular weight excluding hydrogens is 220 g/mol. The van der Waals surface area contributed by atoms with Crippen molar-refractivity contribution in [2.75, 3.05) is 31.1 Å². The Morgan fingerprint density at radius 2 is 1.88 bits per heavy atom. The van der Waals surface area contributed by atoms with Crippen LogP contribution < -0.4 is 4.90 Å². The molecule has 1 aromatic rings. The van der Waals surface area contributed by atoms with Gasteiger partial charge in [-0.3, -0.25) is 4.90 Å². The van der Waals surface area contributed by atoms with E-state index in [1.807, 2.05) is 5.51 Å². The Balaban J connectivity index is 1.55. The Bertz CT molecular complexity index is 313. The molecule has 1 aromatic heterocycles. The first-order valence-corrected chi connectivity index (χ1v) is 7.06. The lowest BCUT2D eigenvalue weighted by molar-refractivity contribution is 0.187. The zero-order valence-corrected chi connectivity index (χ0v) is 10.3. The topological polar surface area (TPSA) is 32.3 Å². The first-order valence-electron chi connectivity index (χ1n) is 6.18. The summed E-state index contributed by atoms with van der Waals surface area (Å²) in [6.07, 6.45) is 5.69. The van der Waals surface area contributed by atoms with Crippen LogP contribution in [0.1, 0.15) is 25.7 Å². The minimum absolute atomic E-state index is 0.872. The van der Waals surface area contributed by atoms with Crippen LogP contribution in [0.25, 0.3) is 0 Å². The highest BCUT2D eigenvalue weighted by molar-refractivity contribution is 7.13. The fraction of sp³-hybridized carbons (Fsp3) is 0.818. The molecule has 16 heavy (non-hydrogen) atoms. The minimum atomic E-state index is 0.872. The number of piperazine rings is 1. The van der Waals surface area contributed by atoms with Gasteiger partial charge in [0, 0.05) is 32.2 Å². The standard InChI is InChI=1S/C11H18N4S/c1-2-4-10(3-1)14-5-7-15(8-6-14)11-13-12-9-16-11/h9-10H,1-8H2. The molecule has 0 bridgehead atoms. The monoisotopic (exact) mass is 238 g/mol. The average Bonchev–Trinajstić information content (AvgIpc) is 3.03. The lowest BCUT2D eigenvalue weighted by Gasteiger charge is -2.37. The number of nitrogens with zero attached hydrogens (tertiary/aromatic N) is 4. The highest BCUT2D eigenvalue weighted by atomic mass is 32.1. The second kappa shape index (κ2) is 4.67. The van der Waals surface area contributed by atoms with E-state index in [1.54, 1.807) is 11.3 Å². The molecule has 88 valence electrons. The van der Waals surface area contributed by atoms with Crippen molar-refractivity contribution in [3.8, 4) is 0 Å². The van der Waals surface area contributed by atoms with E-state index in [0.717, 1.165) is 24.3 Å². The van der Waals surface area contributed by atoms with Crippen LogP contribution in [-0.4, -0.2) is 47.3 Å². The maximum Gasteiger partial charge on any atom is 0.208 e. The average molecular weight is 238 g/mol. The van der Waals surface area contributed by atoms with Gasteiger partial charge in [-0.25, -0.2) is 0 Å². The van der Waals surface area contributed by atoms with Crippen molar-refractivity contribution in [1.82, 2.24) is 15.1 Å². The van der Waals surface area contributed by atoms with Gasteiger partial charge < -0.3 is 4.90 Å². The van der Waals surface area contributed by atoms with Gasteiger partial charge in [-0.15, -0.1) is 10.2 Å². The molecule has 2 aliphatic rings. The van der Waals surface area contributed by atoms with E-state index in [-0.39, 0.29) is 0 Å². The largest absolute Gasteiger partial charge is 0.344 e. The highest BCUT2D eigenvalue weighted by Gasteiger charge is 2.26. The van der Waals surface area contributed by atoms with E-state index >= 15 is 0 Å². The fourth-order valence-electron chi connectivity index (χ4n) is 2.85. The summed E-state index contributed by atoms with van der Waals surface area (Å²) in [4.78, 5) is 5.04. The van der Waals surface area contributed by atoms with Crippen LogP contribution in [0.2, 0.25) is 0 Å². The SMILES string of the molecule is c1nnc(N2CCN(C3CCCC3)CC2)s1. The third-order valence-electron chi connectivity index (χ3n) is 3.77. The smallest absolute Gasteiger partial charge is 0.208 e. The van der Waals surface area contributed by atoms with Crippen LogP contribution >= 0.6 is 11.3 Å². The molecule has 1 saturated heterocycles. The molecule has 0 atom stereocenters. The molecule has 4 nitrogen and oxygen atoms in total. The van der Waals surface area contributed by atoms with Crippen LogP contribution in [0.3, 0.4) is 0 Å². The summed E-state index contributed by atoms with van der Waals surface area (Å²) in [6.45, 7) is 4.63. The van der Waals surface area contributed by atoms with Gasteiger partial charge in [0.2, 0.25) is 5.13 Å². The summed E-state index contributed by atoms with van der Waals surface area (Å²) in [5.74, 6) is 0. The van der Waals surface area contributed by atoms with Gasteiger partial charge in [0.1, 0.15) is 5.51 Å². The van der Waals surface area contributed by atoms with Gasteiger partial charge in [-0.1, -0.05) is 24.2 Å². The molecule has 0 amide bonds. The van der Waals surface area contributed by atoms with Gasteiger partial charge in [-0.05, 0) is 12.8 Å². The van der Waals surface area contributed by atoms with Gasteiger partial charge >= 0.3 is 0 Å². The molecule has 0 unspecified atom stereocenters. The van der Waals surface area contributed by atoms with E-state index < -0.39 is 0 Å². The maximum atomic E-state index is 4.14. The Labute approximate surface area is 100 Å². The lowest BCUT2D eigenvalue weighted by Crippen LogP contribution is -2.49. The van der Waals surface area contributed by atoms with Gasteiger partial charge in [0.25, 0.3) is 0 Å². The second-order valence-corrected chi connectivity index (χ2v) is 5.49. The van der Waals surface area contributed by atoms with E-state index in [9.17, 15) is 0 Å². The molecule has 0 aromatic carbocycles. The van der Waals surface area contributed by atoms with Crippen molar-refractivity contribution >= 4 is 16.5 Å². The van der Waals surface area contributed by atoms with Crippen LogP contribution in [0, 0.1) is 0 Å². The molecule has 1 aliphatic carbocycles. The summed E-state index contributed by atoms with van der Waals surface area (Å²) in [6, 6.07) is 0.872. The van der Waals surface area contributed by atoms with E-state index in [2.05, 4.69) is 20.0 Å². The molecule has 0 spiro atoms. The molecular formula is C11H18N4S. The molecule has 2 heterocycles. The van der Waals surface area contributed by atoms with Crippen LogP contribution in [-0.2, 0) is 0 Å². The van der Waals surface area contributed by atoms with Crippen LogP contribution in [0.15, 0.2) is 5.51 Å². The lowest BCUT2D eigenvalue weighted by atomic mass is 10.2. The third-order valence-corrected chi connectivity index (χ3v) is 4.52. The van der Waals surface area contributed by atoms with E-state index in [1.165, 1.54) is 38.8 Å². The summed E-state index contributed by atoms with van der Waals surface area (Å²) >= 11 is 1.65.